The molecule has 2 fully saturated rings. The lowest BCUT2D eigenvalue weighted by atomic mass is 9.97. The molecule has 4 nitrogen and oxygen atoms in total. The van der Waals surface area contributed by atoms with Gasteiger partial charge in [0.15, 0.2) is 0 Å². The zero-order valence-corrected chi connectivity index (χ0v) is 9.11. The molecule has 2 heterocycles. The van der Waals surface area contributed by atoms with E-state index in [1.165, 1.54) is 0 Å². The van der Waals surface area contributed by atoms with Gasteiger partial charge in [-0.2, -0.15) is 0 Å². The van der Waals surface area contributed by atoms with Crippen molar-refractivity contribution >= 4 is 5.91 Å². The molecule has 0 bridgehead atoms. The Morgan fingerprint density at radius 1 is 1.33 bits per heavy atom. The lowest BCUT2D eigenvalue weighted by Gasteiger charge is -2.26. The van der Waals surface area contributed by atoms with Crippen LogP contribution in [-0.2, 0) is 4.79 Å². The van der Waals surface area contributed by atoms with Crippen LogP contribution in [0.5, 0.6) is 0 Å². The fourth-order valence-corrected chi connectivity index (χ4v) is 2.51. The second-order valence-electron chi connectivity index (χ2n) is 4.65. The number of nitrogens with one attached hydrogen (secondary N) is 1. The molecule has 2 saturated heterocycles. The lowest BCUT2D eigenvalue weighted by Crippen LogP contribution is -2.40. The number of piperidine rings is 1. The highest BCUT2D eigenvalue weighted by Crippen LogP contribution is 2.21. The highest BCUT2D eigenvalue weighted by atomic mass is 16.3. The molecule has 0 aliphatic carbocycles. The van der Waals surface area contributed by atoms with Crippen LogP contribution in [0.15, 0.2) is 0 Å². The summed E-state index contributed by atoms with van der Waals surface area (Å²) in [6, 6.07) is 0. The fraction of sp³-hybridized carbons (Fsp3) is 0.909. The van der Waals surface area contributed by atoms with Gasteiger partial charge in [-0.05, 0) is 32.4 Å². The fourth-order valence-electron chi connectivity index (χ4n) is 2.51. The lowest BCUT2D eigenvalue weighted by molar-refractivity contribution is -0.135. The maximum atomic E-state index is 12.1. The molecular weight excluding hydrogens is 192 g/mol. The van der Waals surface area contributed by atoms with Crippen LogP contribution >= 0.6 is 0 Å². The number of hydrogen-bond acceptors (Lipinski definition) is 3. The van der Waals surface area contributed by atoms with E-state index in [1.54, 1.807) is 0 Å². The van der Waals surface area contributed by atoms with Crippen molar-refractivity contribution in [2.45, 2.75) is 19.3 Å². The topological polar surface area (TPSA) is 52.6 Å². The molecule has 0 aromatic heterocycles. The number of rotatable bonds is 2. The highest BCUT2D eigenvalue weighted by Gasteiger charge is 2.30. The molecule has 0 saturated carbocycles. The Kier molecular flexibility index (Phi) is 3.59. The van der Waals surface area contributed by atoms with E-state index in [2.05, 4.69) is 5.32 Å². The number of nitrogens with zero attached hydrogens (tertiary/aromatic N) is 1. The summed E-state index contributed by atoms with van der Waals surface area (Å²) in [5.41, 5.74) is 0. The van der Waals surface area contributed by atoms with Crippen LogP contribution in [0.25, 0.3) is 0 Å². The van der Waals surface area contributed by atoms with E-state index < -0.39 is 0 Å². The van der Waals surface area contributed by atoms with Crippen LogP contribution < -0.4 is 5.32 Å². The van der Waals surface area contributed by atoms with Gasteiger partial charge in [0.2, 0.25) is 5.91 Å². The van der Waals surface area contributed by atoms with Gasteiger partial charge in [-0.15, -0.1) is 0 Å². The monoisotopic (exact) mass is 212 g/mol. The summed E-state index contributed by atoms with van der Waals surface area (Å²) in [6.07, 6.45) is 2.91. The number of likely N-dealkylation sites (tertiary alicyclic amines) is 1. The van der Waals surface area contributed by atoms with E-state index in [1.807, 2.05) is 4.90 Å². The molecule has 15 heavy (non-hydrogen) atoms. The summed E-state index contributed by atoms with van der Waals surface area (Å²) in [7, 11) is 0. The minimum Gasteiger partial charge on any atom is -0.396 e. The Bertz CT molecular complexity index is 227. The molecule has 86 valence electrons. The van der Waals surface area contributed by atoms with Crippen LogP contribution in [0.2, 0.25) is 0 Å². The molecule has 1 amide bonds. The molecule has 2 aliphatic rings. The Morgan fingerprint density at radius 2 is 2.07 bits per heavy atom. The van der Waals surface area contributed by atoms with E-state index in [4.69, 9.17) is 5.11 Å². The average Bonchev–Trinajstić information content (AvgIpc) is 2.78. The zero-order chi connectivity index (χ0) is 10.7. The van der Waals surface area contributed by atoms with Crippen LogP contribution in [0.3, 0.4) is 0 Å². The normalized spacial score (nSPS) is 28.3. The minimum atomic E-state index is 0.218. The molecule has 2 aliphatic heterocycles. The third-order valence-electron chi connectivity index (χ3n) is 3.54. The zero-order valence-electron chi connectivity index (χ0n) is 9.11. The maximum absolute atomic E-state index is 12.1. The van der Waals surface area contributed by atoms with Gasteiger partial charge in [-0.3, -0.25) is 4.79 Å². The van der Waals surface area contributed by atoms with E-state index in [0.717, 1.165) is 45.4 Å². The molecule has 0 spiro atoms. The summed E-state index contributed by atoms with van der Waals surface area (Å²) in [6.45, 7) is 3.75. The van der Waals surface area contributed by atoms with Gasteiger partial charge in [0, 0.05) is 31.5 Å². The van der Waals surface area contributed by atoms with Crippen molar-refractivity contribution in [3.8, 4) is 0 Å². The van der Waals surface area contributed by atoms with E-state index >= 15 is 0 Å². The Hall–Kier alpha value is -0.610. The first-order chi connectivity index (χ1) is 7.31. The van der Waals surface area contributed by atoms with E-state index in [-0.39, 0.29) is 12.5 Å². The standard InChI is InChI=1S/C11H20N2O2/c14-8-9-3-6-13(7-9)11(15)10-1-4-12-5-2-10/h9-10,12,14H,1-8H2. The first-order valence-corrected chi connectivity index (χ1v) is 5.91. The molecule has 1 unspecified atom stereocenters. The second-order valence-corrected chi connectivity index (χ2v) is 4.65. The SMILES string of the molecule is O=C(C1CCNCC1)N1CCC(CO)C1. The average molecular weight is 212 g/mol. The van der Waals surface area contributed by atoms with Crippen LogP contribution in [0.1, 0.15) is 19.3 Å². The Morgan fingerprint density at radius 3 is 2.67 bits per heavy atom. The largest absolute Gasteiger partial charge is 0.396 e. The molecule has 0 aromatic carbocycles. The van der Waals surface area contributed by atoms with Crippen molar-refractivity contribution in [2.75, 3.05) is 32.8 Å². The molecule has 1 atom stereocenters. The molecule has 0 aromatic rings. The predicted molar refractivity (Wildman–Crippen MR) is 57.4 cm³/mol. The number of aliphatic hydroxyl groups excluding tert-OH is 1. The van der Waals surface area contributed by atoms with Crippen molar-refractivity contribution in [1.29, 1.82) is 0 Å². The molecule has 2 N–H and O–H groups in total. The Labute approximate surface area is 90.6 Å². The molecule has 4 heteroatoms. The quantitative estimate of drug-likeness (QED) is 0.668. The van der Waals surface area contributed by atoms with Gasteiger partial charge in [-0.25, -0.2) is 0 Å². The van der Waals surface area contributed by atoms with Crippen molar-refractivity contribution in [1.82, 2.24) is 10.2 Å². The predicted octanol–water partition coefficient (Wildman–Crippen LogP) is -0.173. The number of carbonyl (C=O) groups is 1. The molecule has 0 radical (unpaired) electrons. The first kappa shape index (κ1) is 10.9. The van der Waals surface area contributed by atoms with E-state index in [9.17, 15) is 4.79 Å². The molecule has 2 rings (SSSR count). The number of amides is 1. The summed E-state index contributed by atoms with van der Waals surface area (Å²) in [4.78, 5) is 14.0. The van der Waals surface area contributed by atoms with Crippen molar-refractivity contribution in [2.24, 2.45) is 11.8 Å². The third-order valence-corrected chi connectivity index (χ3v) is 3.54. The van der Waals surface area contributed by atoms with Crippen molar-refractivity contribution < 1.29 is 9.90 Å². The van der Waals surface area contributed by atoms with Gasteiger partial charge >= 0.3 is 0 Å². The van der Waals surface area contributed by atoms with Crippen LogP contribution in [-0.4, -0.2) is 48.7 Å². The van der Waals surface area contributed by atoms with Gasteiger partial charge in [-0.1, -0.05) is 0 Å². The van der Waals surface area contributed by atoms with Gasteiger partial charge < -0.3 is 15.3 Å². The molecular formula is C11H20N2O2. The summed E-state index contributed by atoms with van der Waals surface area (Å²) >= 11 is 0. The van der Waals surface area contributed by atoms with Gasteiger partial charge in [0.1, 0.15) is 0 Å². The van der Waals surface area contributed by atoms with Gasteiger partial charge in [0.25, 0.3) is 0 Å². The smallest absolute Gasteiger partial charge is 0.225 e. The minimum absolute atomic E-state index is 0.218. The maximum Gasteiger partial charge on any atom is 0.225 e. The Balaban J connectivity index is 1.85. The third kappa shape index (κ3) is 2.49. The number of carbonyl (C=O) groups excluding carboxylic acids is 1. The highest BCUT2D eigenvalue weighted by molar-refractivity contribution is 5.79. The van der Waals surface area contributed by atoms with Crippen LogP contribution in [0, 0.1) is 11.8 Å². The van der Waals surface area contributed by atoms with Crippen molar-refractivity contribution in [3.05, 3.63) is 0 Å². The van der Waals surface area contributed by atoms with Gasteiger partial charge in [0.05, 0.1) is 0 Å². The summed E-state index contributed by atoms with van der Waals surface area (Å²) in [5.74, 6) is 0.854. The van der Waals surface area contributed by atoms with Crippen LogP contribution in [0.4, 0.5) is 0 Å². The first-order valence-electron chi connectivity index (χ1n) is 5.91. The van der Waals surface area contributed by atoms with E-state index in [0.29, 0.717) is 11.8 Å². The second kappa shape index (κ2) is 4.94. The summed E-state index contributed by atoms with van der Waals surface area (Å²) < 4.78 is 0. The summed E-state index contributed by atoms with van der Waals surface area (Å²) in [5, 5.41) is 12.3. The van der Waals surface area contributed by atoms with Crippen molar-refractivity contribution in [3.63, 3.8) is 0 Å². The number of aliphatic hydroxyl groups is 1. The number of hydrogen-bond donors (Lipinski definition) is 2.